The fourth-order valence-corrected chi connectivity index (χ4v) is 2.16. The van der Waals surface area contributed by atoms with Crippen molar-refractivity contribution in [1.82, 2.24) is 5.32 Å². The number of nitriles is 1. The minimum Gasteiger partial charge on any atom is -0.377 e. The van der Waals surface area contributed by atoms with Crippen LogP contribution in [0.5, 0.6) is 0 Å². The summed E-state index contributed by atoms with van der Waals surface area (Å²) in [5.41, 5.74) is -0.331. The highest BCUT2D eigenvalue weighted by atomic mass is 16.5. The van der Waals surface area contributed by atoms with Crippen molar-refractivity contribution in [2.75, 3.05) is 13.2 Å². The Morgan fingerprint density at radius 1 is 1.50 bits per heavy atom. The quantitative estimate of drug-likeness (QED) is 0.723. The van der Waals surface area contributed by atoms with E-state index in [1.54, 1.807) is 0 Å². The number of ether oxygens (including phenoxy) is 1. The third kappa shape index (κ3) is 3.77. The second kappa shape index (κ2) is 6.88. The van der Waals surface area contributed by atoms with Crippen LogP contribution in [0.1, 0.15) is 52.4 Å². The zero-order chi connectivity index (χ0) is 11.9. The molecule has 0 bridgehead atoms. The number of hydrogen-bond donors (Lipinski definition) is 1. The van der Waals surface area contributed by atoms with Crippen LogP contribution in [0.4, 0.5) is 0 Å². The SMILES string of the molecule is CCCCC(C#N)(CC)NCC1CCCO1. The molecule has 2 atom stereocenters. The maximum atomic E-state index is 9.32. The molecule has 0 spiro atoms. The van der Waals surface area contributed by atoms with Crippen molar-refractivity contribution < 1.29 is 4.74 Å². The highest BCUT2D eigenvalue weighted by Gasteiger charge is 2.28. The van der Waals surface area contributed by atoms with E-state index < -0.39 is 0 Å². The van der Waals surface area contributed by atoms with Gasteiger partial charge in [0, 0.05) is 13.2 Å². The van der Waals surface area contributed by atoms with Crippen LogP contribution < -0.4 is 5.32 Å². The Balaban J connectivity index is 2.39. The average Bonchev–Trinajstić information content (AvgIpc) is 2.83. The second-order valence-corrected chi connectivity index (χ2v) is 4.67. The molecule has 1 aliphatic heterocycles. The van der Waals surface area contributed by atoms with Crippen LogP contribution in [0.25, 0.3) is 0 Å². The molecule has 0 aromatic heterocycles. The summed E-state index contributed by atoms with van der Waals surface area (Å²) in [5.74, 6) is 0. The normalized spacial score (nSPS) is 23.9. The molecular weight excluding hydrogens is 200 g/mol. The molecule has 0 aliphatic carbocycles. The third-order valence-corrected chi connectivity index (χ3v) is 3.47. The molecule has 3 nitrogen and oxygen atoms in total. The molecule has 1 rings (SSSR count). The largest absolute Gasteiger partial charge is 0.377 e. The van der Waals surface area contributed by atoms with Gasteiger partial charge in [0.15, 0.2) is 0 Å². The molecular formula is C13H24N2O. The van der Waals surface area contributed by atoms with Gasteiger partial charge in [-0.1, -0.05) is 26.7 Å². The summed E-state index contributed by atoms with van der Waals surface area (Å²) in [6.07, 6.45) is 6.68. The van der Waals surface area contributed by atoms with E-state index >= 15 is 0 Å². The minimum absolute atomic E-state index is 0.320. The van der Waals surface area contributed by atoms with Gasteiger partial charge in [0.05, 0.1) is 12.2 Å². The van der Waals surface area contributed by atoms with Crippen molar-refractivity contribution in [2.45, 2.75) is 64.0 Å². The van der Waals surface area contributed by atoms with E-state index in [4.69, 9.17) is 4.74 Å². The number of nitrogens with one attached hydrogen (secondary N) is 1. The smallest absolute Gasteiger partial charge is 0.106 e. The van der Waals surface area contributed by atoms with E-state index in [0.717, 1.165) is 51.7 Å². The van der Waals surface area contributed by atoms with Crippen molar-refractivity contribution in [3.8, 4) is 6.07 Å². The maximum Gasteiger partial charge on any atom is 0.106 e. The summed E-state index contributed by atoms with van der Waals surface area (Å²) in [6.45, 7) is 5.96. The van der Waals surface area contributed by atoms with Gasteiger partial charge in [-0.15, -0.1) is 0 Å². The van der Waals surface area contributed by atoms with Gasteiger partial charge in [0.25, 0.3) is 0 Å². The lowest BCUT2D eigenvalue weighted by atomic mass is 9.91. The fraction of sp³-hybridized carbons (Fsp3) is 0.923. The predicted molar refractivity (Wildman–Crippen MR) is 65.1 cm³/mol. The Bertz CT molecular complexity index is 231. The first-order chi connectivity index (χ1) is 7.76. The van der Waals surface area contributed by atoms with Crippen molar-refractivity contribution in [1.29, 1.82) is 5.26 Å². The van der Waals surface area contributed by atoms with Crippen LogP contribution in [-0.2, 0) is 4.74 Å². The van der Waals surface area contributed by atoms with Crippen LogP contribution in [0, 0.1) is 11.3 Å². The van der Waals surface area contributed by atoms with Gasteiger partial charge in [-0.25, -0.2) is 0 Å². The number of nitrogens with zero attached hydrogens (tertiary/aromatic N) is 1. The summed E-state index contributed by atoms with van der Waals surface area (Å²) in [4.78, 5) is 0. The molecule has 1 aliphatic rings. The molecule has 1 fully saturated rings. The van der Waals surface area contributed by atoms with Crippen LogP contribution in [0.3, 0.4) is 0 Å². The third-order valence-electron chi connectivity index (χ3n) is 3.47. The molecule has 0 amide bonds. The van der Waals surface area contributed by atoms with Gasteiger partial charge in [0.2, 0.25) is 0 Å². The van der Waals surface area contributed by atoms with Gasteiger partial charge in [-0.2, -0.15) is 5.26 Å². The van der Waals surface area contributed by atoms with Crippen molar-refractivity contribution >= 4 is 0 Å². The first-order valence-electron chi connectivity index (χ1n) is 6.54. The first kappa shape index (κ1) is 13.5. The summed E-state index contributed by atoms with van der Waals surface area (Å²) < 4.78 is 5.57. The molecule has 16 heavy (non-hydrogen) atoms. The molecule has 2 unspecified atom stereocenters. The number of hydrogen-bond acceptors (Lipinski definition) is 3. The highest BCUT2D eigenvalue weighted by molar-refractivity contribution is 5.06. The van der Waals surface area contributed by atoms with Gasteiger partial charge in [0.1, 0.15) is 5.54 Å². The van der Waals surface area contributed by atoms with Crippen LogP contribution >= 0.6 is 0 Å². The van der Waals surface area contributed by atoms with Crippen LogP contribution in [-0.4, -0.2) is 24.8 Å². The van der Waals surface area contributed by atoms with E-state index in [2.05, 4.69) is 25.2 Å². The van der Waals surface area contributed by atoms with Gasteiger partial charge in [-0.05, 0) is 25.7 Å². The van der Waals surface area contributed by atoms with Gasteiger partial charge < -0.3 is 4.74 Å². The molecule has 0 aromatic rings. The van der Waals surface area contributed by atoms with Crippen molar-refractivity contribution in [3.05, 3.63) is 0 Å². The molecule has 92 valence electrons. The standard InChI is InChI=1S/C13H24N2O/c1-3-5-8-13(4-2,11-14)15-10-12-7-6-9-16-12/h12,15H,3-10H2,1-2H3. The van der Waals surface area contributed by atoms with E-state index in [0.29, 0.717) is 6.10 Å². The van der Waals surface area contributed by atoms with E-state index in [9.17, 15) is 5.26 Å². The maximum absolute atomic E-state index is 9.32. The zero-order valence-corrected chi connectivity index (χ0v) is 10.6. The zero-order valence-electron chi connectivity index (χ0n) is 10.6. The lowest BCUT2D eigenvalue weighted by Gasteiger charge is -2.28. The molecule has 1 heterocycles. The predicted octanol–water partition coefficient (Wildman–Crippen LogP) is 2.62. The van der Waals surface area contributed by atoms with E-state index in [1.807, 2.05) is 0 Å². The lowest BCUT2D eigenvalue weighted by molar-refractivity contribution is 0.103. The summed E-state index contributed by atoms with van der Waals surface area (Å²) >= 11 is 0. The van der Waals surface area contributed by atoms with Crippen LogP contribution in [0.2, 0.25) is 0 Å². The Hall–Kier alpha value is -0.590. The summed E-state index contributed by atoms with van der Waals surface area (Å²) in [7, 11) is 0. The van der Waals surface area contributed by atoms with Crippen molar-refractivity contribution in [2.24, 2.45) is 0 Å². The van der Waals surface area contributed by atoms with Gasteiger partial charge in [-0.3, -0.25) is 5.32 Å². The summed E-state index contributed by atoms with van der Waals surface area (Å²) in [6, 6.07) is 2.46. The number of unbranched alkanes of at least 4 members (excludes halogenated alkanes) is 1. The lowest BCUT2D eigenvalue weighted by Crippen LogP contribution is -2.46. The highest BCUT2D eigenvalue weighted by Crippen LogP contribution is 2.19. The molecule has 0 radical (unpaired) electrons. The number of rotatable bonds is 7. The molecule has 1 N–H and O–H groups in total. The Kier molecular flexibility index (Phi) is 5.79. The first-order valence-corrected chi connectivity index (χ1v) is 6.54. The fourth-order valence-electron chi connectivity index (χ4n) is 2.16. The second-order valence-electron chi connectivity index (χ2n) is 4.67. The van der Waals surface area contributed by atoms with Gasteiger partial charge >= 0.3 is 0 Å². The summed E-state index contributed by atoms with van der Waals surface area (Å²) in [5, 5.41) is 12.7. The average molecular weight is 224 g/mol. The van der Waals surface area contributed by atoms with E-state index in [-0.39, 0.29) is 5.54 Å². The molecule has 1 saturated heterocycles. The Morgan fingerprint density at radius 3 is 2.81 bits per heavy atom. The monoisotopic (exact) mass is 224 g/mol. The Morgan fingerprint density at radius 2 is 2.31 bits per heavy atom. The van der Waals surface area contributed by atoms with Crippen LogP contribution in [0.15, 0.2) is 0 Å². The minimum atomic E-state index is -0.331. The van der Waals surface area contributed by atoms with E-state index in [1.165, 1.54) is 0 Å². The topological polar surface area (TPSA) is 45.0 Å². The Labute approximate surface area is 99.2 Å². The molecule has 0 aromatic carbocycles. The molecule has 3 heteroatoms. The molecule has 0 saturated carbocycles. The van der Waals surface area contributed by atoms with Crippen molar-refractivity contribution in [3.63, 3.8) is 0 Å².